The first kappa shape index (κ1) is 14.4. The maximum atomic E-state index is 12.1. The van der Waals surface area contributed by atoms with Crippen LogP contribution in [0.15, 0.2) is 24.4 Å². The van der Waals surface area contributed by atoms with Crippen LogP contribution in [0, 0.1) is 6.92 Å². The van der Waals surface area contributed by atoms with Gasteiger partial charge in [-0.25, -0.2) is 0 Å². The van der Waals surface area contributed by atoms with Gasteiger partial charge in [0.2, 0.25) is 0 Å². The number of hydrogen-bond acceptors (Lipinski definition) is 3. The minimum atomic E-state index is -0.352. The zero-order valence-electron chi connectivity index (χ0n) is 11.5. The molecule has 1 amide bonds. The monoisotopic (exact) mass is 293 g/mol. The number of carbonyl (C=O) groups is 1. The minimum absolute atomic E-state index is 0.134. The molecule has 0 spiro atoms. The second-order valence-electron chi connectivity index (χ2n) is 4.67. The number of phenols is 1. The summed E-state index contributed by atoms with van der Waals surface area (Å²) in [6.45, 7) is 3.81. The number of aromatic hydroxyl groups is 1. The summed E-state index contributed by atoms with van der Waals surface area (Å²) in [5.74, 6) is -0.486. The van der Waals surface area contributed by atoms with Crippen molar-refractivity contribution < 1.29 is 9.90 Å². The van der Waals surface area contributed by atoms with Crippen molar-refractivity contribution >= 4 is 17.5 Å². The second kappa shape index (κ2) is 5.54. The molecular formula is C14H16ClN3O2. The molecule has 1 aromatic carbocycles. The number of nitrogens with zero attached hydrogens (tertiary/aromatic N) is 2. The van der Waals surface area contributed by atoms with Crippen LogP contribution in [0.25, 0.3) is 0 Å². The molecule has 1 heterocycles. The van der Waals surface area contributed by atoms with Crippen LogP contribution >= 0.6 is 11.6 Å². The van der Waals surface area contributed by atoms with Gasteiger partial charge in [0, 0.05) is 23.3 Å². The van der Waals surface area contributed by atoms with Gasteiger partial charge in [-0.1, -0.05) is 11.6 Å². The molecule has 2 rings (SSSR count). The third-order valence-corrected chi connectivity index (χ3v) is 3.53. The van der Waals surface area contributed by atoms with Gasteiger partial charge in [0.1, 0.15) is 5.75 Å². The fraction of sp³-hybridized carbons (Fsp3) is 0.286. The number of nitrogens with one attached hydrogen (secondary N) is 1. The molecule has 0 fully saturated rings. The first-order valence-electron chi connectivity index (χ1n) is 6.18. The minimum Gasteiger partial charge on any atom is -0.507 e. The van der Waals surface area contributed by atoms with E-state index in [-0.39, 0.29) is 23.3 Å². The first-order valence-corrected chi connectivity index (χ1v) is 6.56. The normalized spacial score (nSPS) is 12.2. The van der Waals surface area contributed by atoms with Crippen molar-refractivity contribution in [3.63, 3.8) is 0 Å². The summed E-state index contributed by atoms with van der Waals surface area (Å²) in [5.41, 5.74) is 2.12. The van der Waals surface area contributed by atoms with Crippen molar-refractivity contribution in [2.24, 2.45) is 7.05 Å². The van der Waals surface area contributed by atoms with Crippen LogP contribution < -0.4 is 5.32 Å². The van der Waals surface area contributed by atoms with Crippen LogP contribution in [-0.4, -0.2) is 20.8 Å². The third kappa shape index (κ3) is 2.77. The highest BCUT2D eigenvalue weighted by atomic mass is 35.5. The molecule has 2 aromatic rings. The van der Waals surface area contributed by atoms with E-state index in [1.54, 1.807) is 16.9 Å². The van der Waals surface area contributed by atoms with E-state index in [0.717, 1.165) is 11.3 Å². The number of benzene rings is 1. The van der Waals surface area contributed by atoms with E-state index in [4.69, 9.17) is 11.6 Å². The Labute approximate surface area is 122 Å². The number of aromatic nitrogens is 2. The van der Waals surface area contributed by atoms with Crippen molar-refractivity contribution in [3.05, 3.63) is 46.2 Å². The highest BCUT2D eigenvalue weighted by Crippen LogP contribution is 2.23. The van der Waals surface area contributed by atoms with Crippen LogP contribution in [0.4, 0.5) is 0 Å². The van der Waals surface area contributed by atoms with Crippen LogP contribution in [0.1, 0.15) is 34.6 Å². The van der Waals surface area contributed by atoms with Gasteiger partial charge in [-0.05, 0) is 32.0 Å². The van der Waals surface area contributed by atoms with Gasteiger partial charge in [0.25, 0.3) is 5.91 Å². The average Bonchev–Trinajstić information content (AvgIpc) is 2.69. The molecule has 0 radical (unpaired) electrons. The Bertz CT molecular complexity index is 652. The Morgan fingerprint density at radius 3 is 2.75 bits per heavy atom. The Morgan fingerprint density at radius 1 is 1.50 bits per heavy atom. The Balaban J connectivity index is 2.17. The lowest BCUT2D eigenvalue weighted by molar-refractivity contribution is 0.0937. The topological polar surface area (TPSA) is 67.2 Å². The molecule has 1 atom stereocenters. The summed E-state index contributed by atoms with van der Waals surface area (Å²) in [7, 11) is 1.85. The van der Waals surface area contributed by atoms with Crippen LogP contribution in [0.3, 0.4) is 0 Å². The lowest BCUT2D eigenvalue weighted by Crippen LogP contribution is -2.27. The maximum absolute atomic E-state index is 12.1. The summed E-state index contributed by atoms with van der Waals surface area (Å²) in [4.78, 5) is 12.1. The van der Waals surface area contributed by atoms with Crippen molar-refractivity contribution in [3.8, 4) is 5.75 Å². The molecule has 0 unspecified atom stereocenters. The number of aryl methyl sites for hydroxylation is 1. The smallest absolute Gasteiger partial charge is 0.255 e. The summed E-state index contributed by atoms with van der Waals surface area (Å²) in [5, 5.41) is 17.1. The Kier molecular flexibility index (Phi) is 3.99. The van der Waals surface area contributed by atoms with E-state index in [1.165, 1.54) is 12.1 Å². The van der Waals surface area contributed by atoms with Crippen LogP contribution in [0.5, 0.6) is 5.75 Å². The van der Waals surface area contributed by atoms with Crippen molar-refractivity contribution in [1.29, 1.82) is 0 Å². The summed E-state index contributed by atoms with van der Waals surface area (Å²) < 4.78 is 1.75. The number of rotatable bonds is 3. The molecule has 6 heteroatoms. The quantitative estimate of drug-likeness (QED) is 0.914. The fourth-order valence-electron chi connectivity index (χ4n) is 1.99. The van der Waals surface area contributed by atoms with Crippen LogP contribution in [-0.2, 0) is 7.05 Å². The van der Waals surface area contributed by atoms with Gasteiger partial charge >= 0.3 is 0 Å². The summed E-state index contributed by atoms with van der Waals surface area (Å²) >= 11 is 5.74. The molecule has 2 N–H and O–H groups in total. The van der Waals surface area contributed by atoms with Crippen LogP contribution in [0.2, 0.25) is 5.02 Å². The summed E-state index contributed by atoms with van der Waals surface area (Å²) in [6, 6.07) is 4.20. The largest absolute Gasteiger partial charge is 0.507 e. The van der Waals surface area contributed by atoms with E-state index >= 15 is 0 Å². The van der Waals surface area contributed by atoms with Crippen molar-refractivity contribution in [2.75, 3.05) is 0 Å². The second-order valence-corrected chi connectivity index (χ2v) is 5.10. The lowest BCUT2D eigenvalue weighted by Gasteiger charge is -2.14. The third-order valence-electron chi connectivity index (χ3n) is 3.29. The predicted molar refractivity (Wildman–Crippen MR) is 76.9 cm³/mol. The molecule has 20 heavy (non-hydrogen) atoms. The molecule has 0 aliphatic carbocycles. The molecule has 5 nitrogen and oxygen atoms in total. The zero-order chi connectivity index (χ0) is 14.9. The van der Waals surface area contributed by atoms with Gasteiger partial charge in [0.05, 0.1) is 17.8 Å². The van der Waals surface area contributed by atoms with Crippen molar-refractivity contribution in [2.45, 2.75) is 19.9 Å². The number of halogens is 1. The molecule has 0 aliphatic rings. The molecule has 0 saturated carbocycles. The number of hydrogen-bond donors (Lipinski definition) is 2. The molecule has 0 aliphatic heterocycles. The number of amides is 1. The molecule has 106 valence electrons. The van der Waals surface area contributed by atoms with Gasteiger partial charge in [-0.2, -0.15) is 5.10 Å². The molecule has 0 saturated heterocycles. The van der Waals surface area contributed by atoms with Gasteiger partial charge < -0.3 is 10.4 Å². The fourth-order valence-corrected chi connectivity index (χ4v) is 2.16. The van der Waals surface area contributed by atoms with E-state index in [1.807, 2.05) is 20.9 Å². The molecular weight excluding hydrogens is 278 g/mol. The highest BCUT2D eigenvalue weighted by Gasteiger charge is 2.17. The van der Waals surface area contributed by atoms with E-state index in [0.29, 0.717) is 5.02 Å². The number of phenolic OH excluding ortho intramolecular Hbond substituents is 1. The zero-order valence-corrected chi connectivity index (χ0v) is 12.3. The maximum Gasteiger partial charge on any atom is 0.255 e. The van der Waals surface area contributed by atoms with Gasteiger partial charge in [-0.3, -0.25) is 9.48 Å². The van der Waals surface area contributed by atoms with Crippen molar-refractivity contribution in [1.82, 2.24) is 15.1 Å². The Morgan fingerprint density at radius 2 is 2.20 bits per heavy atom. The van der Waals surface area contributed by atoms with E-state index < -0.39 is 0 Å². The van der Waals surface area contributed by atoms with Gasteiger partial charge in [0.15, 0.2) is 0 Å². The summed E-state index contributed by atoms with van der Waals surface area (Å²) in [6.07, 6.45) is 1.72. The highest BCUT2D eigenvalue weighted by molar-refractivity contribution is 6.30. The lowest BCUT2D eigenvalue weighted by atomic mass is 10.1. The molecule has 1 aromatic heterocycles. The number of carbonyl (C=O) groups excluding carboxylic acids is 1. The first-order chi connectivity index (χ1) is 9.40. The predicted octanol–water partition coefficient (Wildman–Crippen LogP) is 2.58. The average molecular weight is 294 g/mol. The van der Waals surface area contributed by atoms with E-state index in [9.17, 15) is 9.90 Å². The van der Waals surface area contributed by atoms with E-state index in [2.05, 4.69) is 10.4 Å². The molecule has 0 bridgehead atoms. The Hall–Kier alpha value is -2.01. The van der Waals surface area contributed by atoms with Gasteiger partial charge in [-0.15, -0.1) is 0 Å². The SMILES string of the molecule is Cc1c([C@@H](C)NC(=O)c2ccc(Cl)cc2O)cnn1C. The standard InChI is InChI=1S/C14H16ClN3O2/c1-8(12-7-16-18(3)9(12)2)17-14(20)11-5-4-10(15)6-13(11)19/h4-8,19H,1-3H3,(H,17,20)/t8-/m1/s1.